The summed E-state index contributed by atoms with van der Waals surface area (Å²) in [7, 11) is 0. The molecule has 1 fully saturated rings. The molecule has 32 heavy (non-hydrogen) atoms. The number of hydrogen-bond donors (Lipinski definition) is 2. The Balaban J connectivity index is 1.77. The van der Waals surface area contributed by atoms with Gasteiger partial charge in [-0.05, 0) is 44.5 Å². The van der Waals surface area contributed by atoms with Crippen LogP contribution in [0.3, 0.4) is 0 Å². The van der Waals surface area contributed by atoms with Gasteiger partial charge in [0.25, 0.3) is 5.56 Å². The van der Waals surface area contributed by atoms with Crippen LogP contribution in [0.25, 0.3) is 5.65 Å². The molecular weight excluding hydrogens is 410 g/mol. The van der Waals surface area contributed by atoms with Crippen molar-refractivity contribution < 1.29 is 19.4 Å². The molecule has 2 aromatic heterocycles. The van der Waals surface area contributed by atoms with Crippen LogP contribution < -0.4 is 15.6 Å². The number of aromatic carboxylic acids is 1. The maximum absolute atomic E-state index is 13.1. The molecule has 1 saturated heterocycles. The number of hydrogen-bond acceptors (Lipinski definition) is 6. The second-order valence-corrected chi connectivity index (χ2v) is 8.16. The Hall–Kier alpha value is -3.39. The highest BCUT2D eigenvalue weighted by Crippen LogP contribution is 2.27. The van der Waals surface area contributed by atoms with E-state index in [2.05, 4.69) is 5.32 Å². The molecule has 0 radical (unpaired) electrons. The average Bonchev–Trinajstić information content (AvgIpc) is 2.78. The first-order valence-corrected chi connectivity index (χ1v) is 10.7. The van der Waals surface area contributed by atoms with Crippen LogP contribution in [-0.4, -0.2) is 39.8 Å². The lowest BCUT2D eigenvalue weighted by atomic mass is 10.1. The van der Waals surface area contributed by atoms with Crippen LogP contribution in [0.5, 0.6) is 5.88 Å². The van der Waals surface area contributed by atoms with Gasteiger partial charge < -0.3 is 19.9 Å². The third-order valence-electron chi connectivity index (χ3n) is 5.71. The Morgan fingerprint density at radius 2 is 2.00 bits per heavy atom. The second-order valence-electron chi connectivity index (χ2n) is 8.16. The zero-order valence-corrected chi connectivity index (χ0v) is 18.4. The molecule has 1 aromatic carbocycles. The summed E-state index contributed by atoms with van der Waals surface area (Å²) in [6.07, 6.45) is 3.23. The maximum Gasteiger partial charge on any atom is 0.337 e. The minimum atomic E-state index is -1.01. The Bertz CT molecular complexity index is 1210. The van der Waals surface area contributed by atoms with E-state index < -0.39 is 5.97 Å². The van der Waals surface area contributed by atoms with Gasteiger partial charge >= 0.3 is 5.97 Å². The number of carbonyl (C=O) groups is 1. The number of nitrogens with zero attached hydrogens (tertiary/aromatic N) is 2. The van der Waals surface area contributed by atoms with E-state index in [0.29, 0.717) is 36.0 Å². The van der Waals surface area contributed by atoms with Crippen LogP contribution in [0.15, 0.2) is 41.3 Å². The number of anilines is 1. The lowest BCUT2D eigenvalue weighted by molar-refractivity contribution is 0.0234. The van der Waals surface area contributed by atoms with Gasteiger partial charge in [-0.3, -0.25) is 9.20 Å². The number of benzene rings is 1. The molecule has 1 aliphatic rings. The first kappa shape index (κ1) is 21.8. The van der Waals surface area contributed by atoms with Crippen LogP contribution in [-0.2, 0) is 4.74 Å². The summed E-state index contributed by atoms with van der Waals surface area (Å²) in [6.45, 7) is 6.81. The number of aryl methyl sites for hydroxylation is 1. The van der Waals surface area contributed by atoms with Crippen molar-refractivity contribution in [2.75, 3.05) is 18.5 Å². The molecule has 4 rings (SSSR count). The number of pyridine rings is 1. The molecule has 8 heteroatoms. The van der Waals surface area contributed by atoms with Crippen LogP contribution in [0.1, 0.15) is 52.9 Å². The van der Waals surface area contributed by atoms with Crippen molar-refractivity contribution in [2.24, 2.45) is 0 Å². The largest absolute Gasteiger partial charge is 0.478 e. The number of carboxylic acids is 1. The normalized spacial score (nSPS) is 15.5. The molecule has 1 unspecified atom stereocenters. The quantitative estimate of drug-likeness (QED) is 0.606. The van der Waals surface area contributed by atoms with Crippen molar-refractivity contribution in [3.8, 4) is 5.88 Å². The molecule has 0 aliphatic carbocycles. The molecule has 1 aliphatic heterocycles. The maximum atomic E-state index is 13.1. The van der Waals surface area contributed by atoms with E-state index in [1.807, 2.05) is 19.9 Å². The van der Waals surface area contributed by atoms with Crippen molar-refractivity contribution in [3.63, 3.8) is 0 Å². The number of rotatable bonds is 6. The lowest BCUT2D eigenvalue weighted by Gasteiger charge is -2.24. The summed E-state index contributed by atoms with van der Waals surface area (Å²) < 4.78 is 13.0. The molecule has 3 aromatic rings. The number of fused-ring (bicyclic) bond motifs is 1. The van der Waals surface area contributed by atoms with Gasteiger partial charge in [0.2, 0.25) is 5.88 Å². The number of aromatic nitrogens is 2. The molecule has 0 spiro atoms. The minimum absolute atomic E-state index is 0.0382. The van der Waals surface area contributed by atoms with Gasteiger partial charge in [-0.1, -0.05) is 12.1 Å². The van der Waals surface area contributed by atoms with Gasteiger partial charge in [-0.15, -0.1) is 0 Å². The van der Waals surface area contributed by atoms with Crippen molar-refractivity contribution in [1.82, 2.24) is 9.38 Å². The van der Waals surface area contributed by atoms with Gasteiger partial charge in [-0.2, -0.15) is 4.98 Å². The second kappa shape index (κ2) is 9.00. The lowest BCUT2D eigenvalue weighted by Crippen LogP contribution is -2.29. The smallest absolute Gasteiger partial charge is 0.337 e. The SMILES string of the molecule is Cc1cc(C(C)Nc2ccccc2C(=O)O)c2nc(OC3CCOCC3)c(C)c(=O)n2c1. The fourth-order valence-corrected chi connectivity index (χ4v) is 3.97. The fraction of sp³-hybridized carbons (Fsp3) is 0.375. The van der Waals surface area contributed by atoms with Crippen molar-refractivity contribution >= 4 is 17.3 Å². The number of para-hydroxylation sites is 1. The van der Waals surface area contributed by atoms with E-state index in [1.165, 1.54) is 4.40 Å². The van der Waals surface area contributed by atoms with E-state index in [-0.39, 0.29) is 23.3 Å². The summed E-state index contributed by atoms with van der Waals surface area (Å²) >= 11 is 0. The van der Waals surface area contributed by atoms with Crippen LogP contribution in [0, 0.1) is 13.8 Å². The first-order chi connectivity index (χ1) is 15.3. The van der Waals surface area contributed by atoms with E-state index in [4.69, 9.17) is 14.5 Å². The van der Waals surface area contributed by atoms with Crippen LogP contribution in [0.4, 0.5) is 5.69 Å². The van der Waals surface area contributed by atoms with Crippen LogP contribution in [0.2, 0.25) is 0 Å². The van der Waals surface area contributed by atoms with Crippen LogP contribution >= 0.6 is 0 Å². The van der Waals surface area contributed by atoms with E-state index in [1.54, 1.807) is 37.4 Å². The molecule has 2 N–H and O–H groups in total. The molecule has 1 atom stereocenters. The number of carboxylic acid groups (broad SMARTS) is 1. The Kier molecular flexibility index (Phi) is 6.14. The molecule has 8 nitrogen and oxygen atoms in total. The summed E-state index contributed by atoms with van der Waals surface area (Å²) in [5.74, 6) is -0.670. The standard InChI is InChI=1S/C24H27N3O5/c1-14-12-19(16(3)25-20-7-5-4-6-18(20)24(29)30)21-26-22(15(2)23(28)27(21)13-14)32-17-8-10-31-11-9-17/h4-7,12-13,16-17,25H,8-11H2,1-3H3,(H,29,30). The summed E-state index contributed by atoms with van der Waals surface area (Å²) in [6, 6.07) is 8.39. The zero-order chi connectivity index (χ0) is 22.8. The zero-order valence-electron chi connectivity index (χ0n) is 18.4. The minimum Gasteiger partial charge on any atom is -0.478 e. The third kappa shape index (κ3) is 4.31. The molecule has 0 amide bonds. The molecule has 0 bridgehead atoms. The highest BCUT2D eigenvalue weighted by molar-refractivity contribution is 5.94. The summed E-state index contributed by atoms with van der Waals surface area (Å²) in [5.41, 5.74) is 3.12. The highest BCUT2D eigenvalue weighted by atomic mass is 16.5. The summed E-state index contributed by atoms with van der Waals surface area (Å²) in [5, 5.41) is 12.8. The predicted octanol–water partition coefficient (Wildman–Crippen LogP) is 3.74. The predicted molar refractivity (Wildman–Crippen MR) is 121 cm³/mol. The van der Waals surface area contributed by atoms with E-state index in [0.717, 1.165) is 24.0 Å². The monoisotopic (exact) mass is 437 g/mol. The summed E-state index contributed by atoms with van der Waals surface area (Å²) in [4.78, 5) is 29.5. The van der Waals surface area contributed by atoms with Crippen molar-refractivity contribution in [2.45, 2.75) is 45.8 Å². The van der Waals surface area contributed by atoms with Gasteiger partial charge in [-0.25, -0.2) is 4.79 Å². The Morgan fingerprint density at radius 1 is 1.28 bits per heavy atom. The molecular formula is C24H27N3O5. The first-order valence-electron chi connectivity index (χ1n) is 10.7. The molecule has 3 heterocycles. The Labute approximate surface area is 185 Å². The van der Waals surface area contributed by atoms with Gasteiger partial charge in [0.15, 0.2) is 0 Å². The third-order valence-corrected chi connectivity index (χ3v) is 5.71. The van der Waals surface area contributed by atoms with Gasteiger partial charge in [0.1, 0.15) is 11.8 Å². The fourth-order valence-electron chi connectivity index (χ4n) is 3.97. The topological polar surface area (TPSA) is 102 Å². The van der Waals surface area contributed by atoms with Gasteiger partial charge in [0.05, 0.1) is 30.4 Å². The van der Waals surface area contributed by atoms with Crippen molar-refractivity contribution in [1.29, 1.82) is 0 Å². The highest BCUT2D eigenvalue weighted by Gasteiger charge is 2.22. The molecule has 0 saturated carbocycles. The Morgan fingerprint density at radius 3 is 2.72 bits per heavy atom. The molecule has 168 valence electrons. The average molecular weight is 437 g/mol. The van der Waals surface area contributed by atoms with Crippen molar-refractivity contribution in [3.05, 3.63) is 69.1 Å². The number of nitrogens with one attached hydrogen (secondary N) is 1. The van der Waals surface area contributed by atoms with E-state index in [9.17, 15) is 14.7 Å². The van der Waals surface area contributed by atoms with Gasteiger partial charge in [0, 0.05) is 30.3 Å². The number of ether oxygens (including phenoxy) is 2. The van der Waals surface area contributed by atoms with E-state index >= 15 is 0 Å².